The smallest absolute Gasteiger partial charge is 0.140 e. The van der Waals surface area contributed by atoms with Crippen molar-refractivity contribution in [2.75, 3.05) is 18.5 Å². The van der Waals surface area contributed by atoms with Crippen molar-refractivity contribution >= 4 is 21.7 Å². The Labute approximate surface area is 122 Å². The Balaban J connectivity index is 1.69. The normalized spacial score (nSPS) is 10.2. The van der Waals surface area contributed by atoms with Crippen LogP contribution in [-0.2, 0) is 0 Å². The number of nitrogens with one attached hydrogen (secondary N) is 1. The van der Waals surface area contributed by atoms with E-state index in [1.165, 1.54) is 0 Å². The van der Waals surface area contributed by atoms with Crippen LogP contribution in [-0.4, -0.2) is 18.1 Å². The van der Waals surface area contributed by atoms with Crippen LogP contribution in [0.15, 0.2) is 47.1 Å². The molecule has 1 N–H and O–H groups in total. The van der Waals surface area contributed by atoms with Gasteiger partial charge in [-0.05, 0) is 53.0 Å². The predicted octanol–water partition coefficient (Wildman–Crippen LogP) is 4.03. The van der Waals surface area contributed by atoms with E-state index in [2.05, 4.69) is 32.3 Å². The van der Waals surface area contributed by atoms with Gasteiger partial charge in [-0.15, -0.1) is 0 Å². The lowest BCUT2D eigenvalue weighted by atomic mass is 10.3. The highest BCUT2D eigenvalue weighted by molar-refractivity contribution is 9.10. The fourth-order valence-electron chi connectivity index (χ4n) is 1.65. The van der Waals surface area contributed by atoms with Gasteiger partial charge in [0, 0.05) is 12.7 Å². The number of aromatic nitrogens is 1. The molecule has 0 unspecified atom stereocenters. The first kappa shape index (κ1) is 13.9. The summed E-state index contributed by atoms with van der Waals surface area (Å²) >= 11 is 3.50. The molecule has 0 fully saturated rings. The van der Waals surface area contributed by atoms with Crippen molar-refractivity contribution < 1.29 is 4.74 Å². The van der Waals surface area contributed by atoms with Crippen LogP contribution < -0.4 is 10.1 Å². The first-order chi connectivity index (χ1) is 9.25. The molecule has 0 saturated carbocycles. The first-order valence-corrected chi connectivity index (χ1v) is 7.09. The molecule has 0 aliphatic rings. The minimum Gasteiger partial charge on any atom is -0.494 e. The second-order valence-corrected chi connectivity index (χ2v) is 5.14. The Kier molecular flexibility index (Phi) is 5.21. The number of rotatable bonds is 6. The van der Waals surface area contributed by atoms with Crippen LogP contribution in [0.3, 0.4) is 0 Å². The van der Waals surface area contributed by atoms with Gasteiger partial charge in [-0.3, -0.25) is 0 Å². The summed E-state index contributed by atoms with van der Waals surface area (Å²) in [4.78, 5) is 4.33. The highest BCUT2D eigenvalue weighted by Gasteiger charge is 2.00. The van der Waals surface area contributed by atoms with Gasteiger partial charge in [-0.2, -0.15) is 0 Å². The lowest BCUT2D eigenvalue weighted by molar-refractivity contribution is 0.315. The Bertz CT molecular complexity index is 517. The molecule has 19 heavy (non-hydrogen) atoms. The molecule has 1 aromatic heterocycles. The van der Waals surface area contributed by atoms with Gasteiger partial charge < -0.3 is 10.1 Å². The van der Waals surface area contributed by atoms with Crippen molar-refractivity contribution in [2.45, 2.75) is 13.3 Å². The van der Waals surface area contributed by atoms with Crippen LogP contribution in [0.2, 0.25) is 0 Å². The topological polar surface area (TPSA) is 34.2 Å². The summed E-state index contributed by atoms with van der Waals surface area (Å²) in [5, 5.41) is 3.29. The van der Waals surface area contributed by atoms with Crippen molar-refractivity contribution in [1.29, 1.82) is 0 Å². The lowest BCUT2D eigenvalue weighted by Crippen LogP contribution is -2.08. The molecule has 0 aliphatic heterocycles. The molecule has 2 aromatic rings. The number of hydrogen-bond acceptors (Lipinski definition) is 3. The van der Waals surface area contributed by atoms with Crippen molar-refractivity contribution in [2.24, 2.45) is 0 Å². The fourth-order valence-corrected chi connectivity index (χ4v) is 2.25. The number of halogens is 1. The van der Waals surface area contributed by atoms with Crippen LogP contribution >= 0.6 is 15.9 Å². The first-order valence-electron chi connectivity index (χ1n) is 6.29. The Hall–Kier alpha value is -1.55. The molecule has 1 aromatic carbocycles. The zero-order valence-electron chi connectivity index (χ0n) is 10.9. The Morgan fingerprint density at radius 1 is 1.26 bits per heavy atom. The molecule has 0 radical (unpaired) electrons. The molecule has 0 atom stereocenters. The van der Waals surface area contributed by atoms with Crippen LogP contribution in [0, 0.1) is 6.92 Å². The lowest BCUT2D eigenvalue weighted by Gasteiger charge is -2.09. The molecular weight excluding hydrogens is 304 g/mol. The van der Waals surface area contributed by atoms with Gasteiger partial charge in [0.2, 0.25) is 0 Å². The van der Waals surface area contributed by atoms with Gasteiger partial charge in [-0.1, -0.05) is 18.2 Å². The third kappa shape index (κ3) is 4.56. The molecule has 100 valence electrons. The summed E-state index contributed by atoms with van der Waals surface area (Å²) in [5.74, 6) is 1.79. The molecule has 4 heteroatoms. The minimum absolute atomic E-state index is 0.695. The van der Waals surface area contributed by atoms with E-state index in [1.54, 1.807) is 0 Å². The fraction of sp³-hybridized carbons (Fsp3) is 0.267. The standard InChI is InChI=1S/C15H17BrN2O/c1-12-10-14(16)15(18-11-12)17-8-5-9-19-13-6-3-2-4-7-13/h2-4,6-7,10-11H,5,8-9H2,1H3,(H,17,18). The van der Waals surface area contributed by atoms with Crippen molar-refractivity contribution in [3.63, 3.8) is 0 Å². The third-order valence-corrected chi connectivity index (χ3v) is 3.21. The van der Waals surface area contributed by atoms with Crippen LogP contribution in [0.1, 0.15) is 12.0 Å². The average molecular weight is 321 g/mol. The highest BCUT2D eigenvalue weighted by Crippen LogP contribution is 2.20. The zero-order chi connectivity index (χ0) is 13.5. The number of pyridine rings is 1. The number of ether oxygens (including phenoxy) is 1. The minimum atomic E-state index is 0.695. The predicted molar refractivity (Wildman–Crippen MR) is 81.7 cm³/mol. The largest absolute Gasteiger partial charge is 0.494 e. The van der Waals surface area contributed by atoms with E-state index < -0.39 is 0 Å². The number of benzene rings is 1. The third-order valence-electron chi connectivity index (χ3n) is 2.60. The average Bonchev–Trinajstić information content (AvgIpc) is 2.42. The number of hydrogen-bond donors (Lipinski definition) is 1. The van der Waals surface area contributed by atoms with E-state index in [4.69, 9.17) is 4.74 Å². The quantitative estimate of drug-likeness (QED) is 0.816. The van der Waals surface area contributed by atoms with Gasteiger partial charge in [0.25, 0.3) is 0 Å². The van der Waals surface area contributed by atoms with Crippen LogP contribution in [0.4, 0.5) is 5.82 Å². The van der Waals surface area contributed by atoms with E-state index >= 15 is 0 Å². The number of anilines is 1. The highest BCUT2D eigenvalue weighted by atomic mass is 79.9. The van der Waals surface area contributed by atoms with Gasteiger partial charge in [0.05, 0.1) is 11.1 Å². The van der Waals surface area contributed by atoms with Crippen LogP contribution in [0.5, 0.6) is 5.75 Å². The molecular formula is C15H17BrN2O. The van der Waals surface area contributed by atoms with Gasteiger partial charge in [0.1, 0.15) is 11.6 Å². The van der Waals surface area contributed by atoms with Gasteiger partial charge >= 0.3 is 0 Å². The zero-order valence-corrected chi connectivity index (χ0v) is 12.5. The molecule has 0 aliphatic carbocycles. The van der Waals surface area contributed by atoms with Crippen molar-refractivity contribution in [3.8, 4) is 5.75 Å². The Morgan fingerprint density at radius 3 is 2.79 bits per heavy atom. The molecule has 0 spiro atoms. The SMILES string of the molecule is Cc1cnc(NCCCOc2ccccc2)c(Br)c1. The summed E-state index contributed by atoms with van der Waals surface area (Å²) in [6, 6.07) is 11.9. The van der Waals surface area contributed by atoms with Crippen molar-refractivity contribution in [1.82, 2.24) is 4.98 Å². The monoisotopic (exact) mass is 320 g/mol. The second-order valence-electron chi connectivity index (χ2n) is 4.28. The maximum Gasteiger partial charge on any atom is 0.140 e. The van der Waals surface area contributed by atoms with Gasteiger partial charge in [0.15, 0.2) is 0 Å². The molecule has 1 heterocycles. The maximum atomic E-state index is 5.62. The van der Waals surface area contributed by atoms with E-state index in [0.29, 0.717) is 6.61 Å². The Morgan fingerprint density at radius 2 is 2.05 bits per heavy atom. The number of para-hydroxylation sites is 1. The van der Waals surface area contributed by atoms with E-state index in [1.807, 2.05) is 43.5 Å². The molecule has 3 nitrogen and oxygen atoms in total. The molecule has 0 bridgehead atoms. The maximum absolute atomic E-state index is 5.62. The summed E-state index contributed by atoms with van der Waals surface area (Å²) < 4.78 is 6.62. The number of aryl methyl sites for hydroxylation is 1. The van der Waals surface area contributed by atoms with E-state index in [9.17, 15) is 0 Å². The van der Waals surface area contributed by atoms with E-state index in [0.717, 1.165) is 34.6 Å². The van der Waals surface area contributed by atoms with Gasteiger partial charge in [-0.25, -0.2) is 4.98 Å². The van der Waals surface area contributed by atoms with E-state index in [-0.39, 0.29) is 0 Å². The summed E-state index contributed by atoms with van der Waals surface area (Å²) in [6.07, 6.45) is 2.78. The molecule has 2 rings (SSSR count). The molecule has 0 saturated heterocycles. The summed E-state index contributed by atoms with van der Waals surface area (Å²) in [6.45, 7) is 3.55. The number of nitrogens with zero attached hydrogens (tertiary/aromatic N) is 1. The summed E-state index contributed by atoms with van der Waals surface area (Å²) in [5.41, 5.74) is 1.14. The summed E-state index contributed by atoms with van der Waals surface area (Å²) in [7, 11) is 0. The molecule has 0 amide bonds. The van der Waals surface area contributed by atoms with Crippen molar-refractivity contribution in [3.05, 3.63) is 52.6 Å². The second kappa shape index (κ2) is 7.14. The van der Waals surface area contributed by atoms with Crippen LogP contribution in [0.25, 0.3) is 0 Å².